The number of methoxy groups -OCH3 is 1. The SMILES string of the molecule is COc1ccccc1NC(=O)CN1CCC(c2c(C)[nH]c3ccccc23)CC1. The highest BCUT2D eigenvalue weighted by Crippen LogP contribution is 2.35. The Morgan fingerprint density at radius 3 is 2.64 bits per heavy atom. The lowest BCUT2D eigenvalue weighted by Crippen LogP contribution is -2.38. The topological polar surface area (TPSA) is 57.4 Å². The fourth-order valence-electron chi connectivity index (χ4n) is 4.34. The number of hydrogen-bond donors (Lipinski definition) is 2. The highest BCUT2D eigenvalue weighted by Gasteiger charge is 2.25. The first-order valence-corrected chi connectivity index (χ1v) is 9.88. The summed E-state index contributed by atoms with van der Waals surface area (Å²) in [6, 6.07) is 16.0. The lowest BCUT2D eigenvalue weighted by Gasteiger charge is -2.31. The first-order chi connectivity index (χ1) is 13.7. The molecular formula is C23H27N3O2. The van der Waals surface area contributed by atoms with Crippen LogP contribution in [0.15, 0.2) is 48.5 Å². The van der Waals surface area contributed by atoms with Gasteiger partial charge in [-0.15, -0.1) is 0 Å². The second kappa shape index (κ2) is 8.07. The van der Waals surface area contributed by atoms with E-state index in [1.165, 1.54) is 22.2 Å². The zero-order chi connectivity index (χ0) is 19.5. The van der Waals surface area contributed by atoms with Crippen molar-refractivity contribution < 1.29 is 9.53 Å². The average molecular weight is 377 g/mol. The summed E-state index contributed by atoms with van der Waals surface area (Å²) in [5.74, 6) is 1.24. The van der Waals surface area contributed by atoms with E-state index < -0.39 is 0 Å². The molecule has 0 aliphatic carbocycles. The van der Waals surface area contributed by atoms with Gasteiger partial charge in [-0.2, -0.15) is 0 Å². The highest BCUT2D eigenvalue weighted by molar-refractivity contribution is 5.93. The lowest BCUT2D eigenvalue weighted by atomic mass is 9.87. The molecule has 1 aliphatic heterocycles. The molecule has 146 valence electrons. The van der Waals surface area contributed by atoms with Crippen LogP contribution in [0.5, 0.6) is 5.75 Å². The van der Waals surface area contributed by atoms with Crippen molar-refractivity contribution in [2.24, 2.45) is 0 Å². The Hall–Kier alpha value is -2.79. The van der Waals surface area contributed by atoms with Crippen LogP contribution in [0.25, 0.3) is 10.9 Å². The van der Waals surface area contributed by atoms with E-state index in [-0.39, 0.29) is 5.91 Å². The van der Waals surface area contributed by atoms with Crippen molar-refractivity contribution in [3.8, 4) is 5.75 Å². The number of likely N-dealkylation sites (tertiary alicyclic amines) is 1. The molecule has 5 nitrogen and oxygen atoms in total. The Balaban J connectivity index is 1.36. The van der Waals surface area contributed by atoms with Gasteiger partial charge in [0.25, 0.3) is 0 Å². The number of aromatic nitrogens is 1. The molecule has 1 aromatic heterocycles. The minimum absolute atomic E-state index is 0.00576. The van der Waals surface area contributed by atoms with Crippen LogP contribution >= 0.6 is 0 Å². The number of benzene rings is 2. The molecule has 1 saturated heterocycles. The summed E-state index contributed by atoms with van der Waals surface area (Å²) in [5.41, 5.74) is 4.66. The Bertz CT molecular complexity index is 971. The van der Waals surface area contributed by atoms with Gasteiger partial charge in [-0.3, -0.25) is 9.69 Å². The molecule has 5 heteroatoms. The van der Waals surface area contributed by atoms with Crippen molar-refractivity contribution in [3.05, 3.63) is 59.8 Å². The van der Waals surface area contributed by atoms with Crippen LogP contribution < -0.4 is 10.1 Å². The van der Waals surface area contributed by atoms with Crippen LogP contribution in [-0.4, -0.2) is 42.5 Å². The second-order valence-electron chi connectivity index (χ2n) is 7.51. The van der Waals surface area contributed by atoms with E-state index in [0.717, 1.165) is 31.6 Å². The van der Waals surface area contributed by atoms with Crippen molar-refractivity contribution >= 4 is 22.5 Å². The number of nitrogens with one attached hydrogen (secondary N) is 2. The number of ether oxygens (including phenoxy) is 1. The number of aryl methyl sites for hydroxylation is 1. The maximum absolute atomic E-state index is 12.5. The van der Waals surface area contributed by atoms with Crippen LogP contribution in [0.2, 0.25) is 0 Å². The van der Waals surface area contributed by atoms with E-state index in [1.807, 2.05) is 24.3 Å². The van der Waals surface area contributed by atoms with Crippen molar-refractivity contribution in [1.82, 2.24) is 9.88 Å². The summed E-state index contributed by atoms with van der Waals surface area (Å²) in [6.07, 6.45) is 2.15. The molecule has 2 heterocycles. The molecule has 0 saturated carbocycles. The van der Waals surface area contributed by atoms with Crippen LogP contribution in [0.3, 0.4) is 0 Å². The van der Waals surface area contributed by atoms with Gasteiger partial charge >= 0.3 is 0 Å². The normalized spacial score (nSPS) is 15.6. The summed E-state index contributed by atoms with van der Waals surface area (Å²) >= 11 is 0. The molecular weight excluding hydrogens is 350 g/mol. The number of carbonyl (C=O) groups excluding carboxylic acids is 1. The van der Waals surface area contributed by atoms with Gasteiger partial charge in [0.1, 0.15) is 5.75 Å². The fraction of sp³-hybridized carbons (Fsp3) is 0.348. The molecule has 0 radical (unpaired) electrons. The Morgan fingerprint density at radius 2 is 1.86 bits per heavy atom. The number of hydrogen-bond acceptors (Lipinski definition) is 3. The maximum atomic E-state index is 12.5. The molecule has 1 aliphatic rings. The van der Waals surface area contributed by atoms with Gasteiger partial charge in [0.05, 0.1) is 19.3 Å². The predicted octanol–water partition coefficient (Wildman–Crippen LogP) is 4.30. The molecule has 0 spiro atoms. The Labute approximate surface area is 165 Å². The number of para-hydroxylation sites is 3. The van der Waals surface area contributed by atoms with Crippen LogP contribution in [0.1, 0.15) is 30.0 Å². The third-order valence-electron chi connectivity index (χ3n) is 5.69. The summed E-state index contributed by atoms with van der Waals surface area (Å²) < 4.78 is 5.31. The number of aromatic amines is 1. The van der Waals surface area contributed by atoms with E-state index >= 15 is 0 Å². The molecule has 1 amide bonds. The van der Waals surface area contributed by atoms with Gasteiger partial charge in [-0.25, -0.2) is 0 Å². The van der Waals surface area contributed by atoms with Crippen molar-refractivity contribution in [2.45, 2.75) is 25.7 Å². The van der Waals surface area contributed by atoms with E-state index in [1.54, 1.807) is 7.11 Å². The third kappa shape index (κ3) is 3.76. The zero-order valence-corrected chi connectivity index (χ0v) is 16.5. The predicted molar refractivity (Wildman–Crippen MR) is 113 cm³/mol. The fourth-order valence-corrected chi connectivity index (χ4v) is 4.34. The van der Waals surface area contributed by atoms with E-state index in [0.29, 0.717) is 18.2 Å². The Kier molecular flexibility index (Phi) is 5.35. The van der Waals surface area contributed by atoms with E-state index in [2.05, 4.69) is 46.4 Å². The largest absolute Gasteiger partial charge is 0.495 e. The molecule has 0 unspecified atom stereocenters. The van der Waals surface area contributed by atoms with Gasteiger partial charge < -0.3 is 15.0 Å². The van der Waals surface area contributed by atoms with Crippen LogP contribution in [0, 0.1) is 6.92 Å². The summed E-state index contributed by atoms with van der Waals surface area (Å²) in [6.45, 7) is 4.45. The molecule has 0 atom stereocenters. The van der Waals surface area contributed by atoms with E-state index in [4.69, 9.17) is 4.74 Å². The zero-order valence-electron chi connectivity index (χ0n) is 16.5. The smallest absolute Gasteiger partial charge is 0.238 e. The number of carbonyl (C=O) groups is 1. The maximum Gasteiger partial charge on any atom is 0.238 e. The summed E-state index contributed by atoms with van der Waals surface area (Å²) in [7, 11) is 1.61. The van der Waals surface area contributed by atoms with Gasteiger partial charge in [-0.1, -0.05) is 30.3 Å². The first kappa shape index (κ1) is 18.6. The van der Waals surface area contributed by atoms with Crippen molar-refractivity contribution in [3.63, 3.8) is 0 Å². The molecule has 28 heavy (non-hydrogen) atoms. The lowest BCUT2D eigenvalue weighted by molar-refractivity contribution is -0.117. The molecule has 2 aromatic carbocycles. The highest BCUT2D eigenvalue weighted by atomic mass is 16.5. The quantitative estimate of drug-likeness (QED) is 0.697. The molecule has 3 aromatic rings. The van der Waals surface area contributed by atoms with Gasteiger partial charge in [-0.05, 0) is 62.5 Å². The number of nitrogens with zero attached hydrogens (tertiary/aromatic N) is 1. The number of fused-ring (bicyclic) bond motifs is 1. The average Bonchev–Trinajstić information content (AvgIpc) is 3.04. The summed E-state index contributed by atoms with van der Waals surface area (Å²) in [4.78, 5) is 18.2. The number of anilines is 1. The summed E-state index contributed by atoms with van der Waals surface area (Å²) in [5, 5.41) is 4.31. The molecule has 1 fully saturated rings. The standard InChI is InChI=1S/C23H27N3O2/c1-16-23(18-7-3-4-8-19(18)24-16)17-11-13-26(14-12-17)15-22(27)25-20-9-5-6-10-21(20)28-2/h3-10,17,24H,11-15H2,1-2H3,(H,25,27). The van der Waals surface area contributed by atoms with Gasteiger partial charge in [0.2, 0.25) is 5.91 Å². The van der Waals surface area contributed by atoms with E-state index in [9.17, 15) is 4.79 Å². The van der Waals surface area contributed by atoms with Crippen molar-refractivity contribution in [1.29, 1.82) is 0 Å². The number of rotatable bonds is 5. The number of piperidine rings is 1. The molecule has 0 bridgehead atoms. The molecule has 2 N–H and O–H groups in total. The minimum Gasteiger partial charge on any atom is -0.495 e. The monoisotopic (exact) mass is 377 g/mol. The number of H-pyrrole nitrogens is 1. The molecule has 4 rings (SSSR count). The Morgan fingerprint density at radius 1 is 1.14 bits per heavy atom. The van der Waals surface area contributed by atoms with Gasteiger partial charge in [0.15, 0.2) is 0 Å². The third-order valence-corrected chi connectivity index (χ3v) is 5.69. The number of amides is 1. The minimum atomic E-state index is 0.00576. The van der Waals surface area contributed by atoms with Crippen LogP contribution in [0.4, 0.5) is 5.69 Å². The van der Waals surface area contributed by atoms with Crippen LogP contribution in [-0.2, 0) is 4.79 Å². The van der Waals surface area contributed by atoms with Crippen molar-refractivity contribution in [2.75, 3.05) is 32.1 Å². The second-order valence-corrected chi connectivity index (χ2v) is 7.51. The van der Waals surface area contributed by atoms with Gasteiger partial charge in [0, 0.05) is 16.6 Å². The first-order valence-electron chi connectivity index (χ1n) is 9.88.